The number of aliphatic hydroxyl groups excluding tert-OH is 3. The summed E-state index contributed by atoms with van der Waals surface area (Å²) in [6.45, 7) is 0.634. The number of benzene rings is 2. The lowest BCUT2D eigenvalue weighted by atomic mass is 9.84. The molecule has 0 aliphatic heterocycles. The van der Waals surface area contributed by atoms with E-state index in [-0.39, 0.29) is 18.1 Å². The van der Waals surface area contributed by atoms with Crippen LogP contribution in [0.2, 0.25) is 0 Å². The van der Waals surface area contributed by atoms with Crippen LogP contribution in [0.5, 0.6) is 0 Å². The van der Waals surface area contributed by atoms with Crippen LogP contribution in [-0.2, 0) is 0 Å². The predicted octanol–water partition coefficient (Wildman–Crippen LogP) is 3.43. The lowest BCUT2D eigenvalue weighted by molar-refractivity contribution is 0.304. The van der Waals surface area contributed by atoms with E-state index in [1.54, 1.807) is 0 Å². The van der Waals surface area contributed by atoms with E-state index in [9.17, 15) is 10.2 Å². The number of allylic oxidation sites excluding steroid dienone is 2. The second kappa shape index (κ2) is 7.14. The van der Waals surface area contributed by atoms with Gasteiger partial charge in [0.15, 0.2) is 0 Å². The smallest absolute Gasteiger partial charge is 0.138 e. The third-order valence-corrected chi connectivity index (χ3v) is 4.65. The molecule has 5 heteroatoms. The number of likely N-dealkylation sites (N-methyl/N-ethyl adjacent to an activating group) is 1. The average molecular weight is 352 g/mol. The van der Waals surface area contributed by atoms with Gasteiger partial charge in [-0.2, -0.15) is 0 Å². The van der Waals surface area contributed by atoms with Crippen LogP contribution in [0.1, 0.15) is 11.1 Å². The number of hydrogen-bond acceptors (Lipinski definition) is 5. The summed E-state index contributed by atoms with van der Waals surface area (Å²) in [5.74, 6) is 0.216. The summed E-state index contributed by atoms with van der Waals surface area (Å²) < 4.78 is 0. The van der Waals surface area contributed by atoms with E-state index in [0.29, 0.717) is 17.7 Å². The monoisotopic (exact) mass is 352 g/mol. The van der Waals surface area contributed by atoms with E-state index in [4.69, 9.17) is 5.11 Å². The van der Waals surface area contributed by atoms with Crippen molar-refractivity contribution in [2.24, 2.45) is 0 Å². The Morgan fingerprint density at radius 3 is 1.50 bits per heavy atom. The van der Waals surface area contributed by atoms with Crippen LogP contribution in [0.3, 0.4) is 0 Å². The molecule has 0 unspecified atom stereocenters. The Balaban J connectivity index is 1.82. The molecule has 0 aromatic heterocycles. The van der Waals surface area contributed by atoms with Crippen LogP contribution in [-0.4, -0.2) is 49.6 Å². The molecule has 1 aliphatic rings. The van der Waals surface area contributed by atoms with Crippen molar-refractivity contribution < 1.29 is 15.3 Å². The van der Waals surface area contributed by atoms with Crippen LogP contribution < -0.4 is 9.80 Å². The van der Waals surface area contributed by atoms with Crippen molar-refractivity contribution in [3.8, 4) is 0 Å². The third kappa shape index (κ3) is 3.13. The minimum atomic E-state index is 0.0870. The first kappa shape index (κ1) is 17.9. The van der Waals surface area contributed by atoms with Crippen LogP contribution in [0.25, 0.3) is 11.1 Å². The van der Waals surface area contributed by atoms with E-state index in [2.05, 4.69) is 0 Å². The van der Waals surface area contributed by atoms with E-state index in [0.717, 1.165) is 22.5 Å². The summed E-state index contributed by atoms with van der Waals surface area (Å²) in [5.41, 5.74) is 4.51. The molecule has 1 aliphatic carbocycles. The lowest BCUT2D eigenvalue weighted by Gasteiger charge is -2.25. The molecular weight excluding hydrogens is 328 g/mol. The SMILES string of the molecule is CN(C)c1ccc(C2=C(O)C(c3ccc(N(C)CCO)cc3)=C2O)cc1. The molecule has 3 rings (SSSR count). The quantitative estimate of drug-likeness (QED) is 0.743. The normalized spacial score (nSPS) is 13.7. The highest BCUT2D eigenvalue weighted by atomic mass is 16.3. The van der Waals surface area contributed by atoms with Crippen LogP contribution in [0, 0.1) is 0 Å². The van der Waals surface area contributed by atoms with Crippen LogP contribution in [0.4, 0.5) is 11.4 Å². The summed E-state index contributed by atoms with van der Waals surface area (Å²) in [6, 6.07) is 15.2. The maximum Gasteiger partial charge on any atom is 0.138 e. The highest BCUT2D eigenvalue weighted by molar-refractivity contribution is 6.06. The van der Waals surface area contributed by atoms with Crippen molar-refractivity contribution in [2.45, 2.75) is 0 Å². The molecular formula is C21H24N2O3. The average Bonchev–Trinajstić information content (AvgIpc) is 2.63. The molecule has 5 nitrogen and oxygen atoms in total. The van der Waals surface area contributed by atoms with E-state index >= 15 is 0 Å². The Morgan fingerprint density at radius 1 is 0.692 bits per heavy atom. The molecule has 0 fully saturated rings. The molecule has 136 valence electrons. The molecule has 0 amide bonds. The summed E-state index contributed by atoms with van der Waals surface area (Å²) in [4.78, 5) is 3.93. The molecule has 0 saturated carbocycles. The van der Waals surface area contributed by atoms with Crippen molar-refractivity contribution in [1.82, 2.24) is 0 Å². The predicted molar refractivity (Wildman–Crippen MR) is 107 cm³/mol. The van der Waals surface area contributed by atoms with Gasteiger partial charge in [0, 0.05) is 39.1 Å². The van der Waals surface area contributed by atoms with Crippen molar-refractivity contribution >= 4 is 22.5 Å². The van der Waals surface area contributed by atoms with Gasteiger partial charge in [-0.25, -0.2) is 0 Å². The Morgan fingerprint density at radius 2 is 1.12 bits per heavy atom. The zero-order chi connectivity index (χ0) is 18.8. The molecule has 2 aromatic carbocycles. The van der Waals surface area contributed by atoms with E-state index in [1.165, 1.54) is 0 Å². The van der Waals surface area contributed by atoms with E-state index < -0.39 is 0 Å². The first-order valence-electron chi connectivity index (χ1n) is 8.51. The minimum Gasteiger partial charge on any atom is -0.506 e. The molecule has 3 N–H and O–H groups in total. The number of rotatable bonds is 6. The summed E-state index contributed by atoms with van der Waals surface area (Å²) in [6.07, 6.45) is 0. The van der Waals surface area contributed by atoms with Gasteiger partial charge in [0.25, 0.3) is 0 Å². The fourth-order valence-electron chi connectivity index (χ4n) is 3.05. The molecule has 2 aromatic rings. The molecule has 0 heterocycles. The number of anilines is 2. The Labute approximate surface area is 153 Å². The zero-order valence-corrected chi connectivity index (χ0v) is 15.3. The van der Waals surface area contributed by atoms with Gasteiger partial charge in [0.2, 0.25) is 0 Å². The fraction of sp³-hybridized carbons (Fsp3) is 0.238. The summed E-state index contributed by atoms with van der Waals surface area (Å²) in [7, 11) is 5.83. The number of aliphatic hydroxyl groups is 3. The number of hydrogen-bond donors (Lipinski definition) is 3. The Hall–Kier alpha value is -2.92. The lowest BCUT2D eigenvalue weighted by Crippen LogP contribution is -2.21. The topological polar surface area (TPSA) is 67.2 Å². The first-order chi connectivity index (χ1) is 12.4. The first-order valence-corrected chi connectivity index (χ1v) is 8.51. The molecule has 0 radical (unpaired) electrons. The van der Waals surface area contributed by atoms with Gasteiger partial charge in [-0.15, -0.1) is 0 Å². The van der Waals surface area contributed by atoms with Crippen molar-refractivity contribution in [1.29, 1.82) is 0 Å². The molecule has 0 bridgehead atoms. The van der Waals surface area contributed by atoms with Gasteiger partial charge in [0.05, 0.1) is 17.8 Å². The van der Waals surface area contributed by atoms with Crippen LogP contribution >= 0.6 is 0 Å². The second-order valence-corrected chi connectivity index (χ2v) is 6.58. The van der Waals surface area contributed by atoms with Gasteiger partial charge >= 0.3 is 0 Å². The van der Waals surface area contributed by atoms with Gasteiger partial charge in [-0.05, 0) is 35.4 Å². The summed E-state index contributed by atoms with van der Waals surface area (Å²) >= 11 is 0. The molecule has 26 heavy (non-hydrogen) atoms. The fourth-order valence-corrected chi connectivity index (χ4v) is 3.05. The van der Waals surface area contributed by atoms with Crippen molar-refractivity contribution in [3.63, 3.8) is 0 Å². The van der Waals surface area contributed by atoms with Crippen molar-refractivity contribution in [2.75, 3.05) is 44.1 Å². The summed E-state index contributed by atoms with van der Waals surface area (Å²) in [5, 5.41) is 30.0. The standard InChI is InChI=1S/C21H24N2O3/c1-22(2)16-8-4-14(5-9-16)18-20(25)19(21(18)26)15-6-10-17(11-7-15)23(3)12-13-24/h4-11,24-26H,12-13H2,1-3H3. The maximum atomic E-state index is 10.5. The third-order valence-electron chi connectivity index (χ3n) is 4.65. The van der Waals surface area contributed by atoms with Crippen molar-refractivity contribution in [3.05, 3.63) is 71.2 Å². The zero-order valence-electron chi connectivity index (χ0n) is 15.3. The van der Waals surface area contributed by atoms with Gasteiger partial charge in [-0.3, -0.25) is 0 Å². The van der Waals surface area contributed by atoms with Gasteiger partial charge < -0.3 is 25.1 Å². The molecule has 0 saturated heterocycles. The minimum absolute atomic E-state index is 0.0870. The van der Waals surface area contributed by atoms with Gasteiger partial charge in [-0.1, -0.05) is 24.3 Å². The Bertz CT molecular complexity index is 850. The maximum absolute atomic E-state index is 10.5. The van der Waals surface area contributed by atoms with Gasteiger partial charge in [0.1, 0.15) is 11.5 Å². The largest absolute Gasteiger partial charge is 0.506 e. The molecule has 0 atom stereocenters. The Kier molecular flexibility index (Phi) is 4.91. The van der Waals surface area contributed by atoms with Crippen LogP contribution in [0.15, 0.2) is 60.0 Å². The molecule has 0 spiro atoms. The number of nitrogens with zero attached hydrogens (tertiary/aromatic N) is 2. The highest BCUT2D eigenvalue weighted by Crippen LogP contribution is 2.44. The second-order valence-electron chi connectivity index (χ2n) is 6.58. The highest BCUT2D eigenvalue weighted by Gasteiger charge is 2.31. The van der Waals surface area contributed by atoms with E-state index in [1.807, 2.05) is 79.5 Å².